The molecule has 160 valence electrons. The van der Waals surface area contributed by atoms with E-state index in [-0.39, 0.29) is 11.5 Å². The SMILES string of the molecule is COc1ccc(-c2c(-c3ccccc3Cl)nn3c(=O)n(CC(F)(F)F)c(C)nc23)cn1. The maximum atomic E-state index is 13.0. The van der Waals surface area contributed by atoms with Crippen molar-refractivity contribution in [3.8, 4) is 28.3 Å². The molecule has 7 nitrogen and oxygen atoms in total. The van der Waals surface area contributed by atoms with E-state index in [1.54, 1.807) is 36.4 Å². The number of nitrogens with zero attached hydrogens (tertiary/aromatic N) is 5. The Morgan fingerprint density at radius 1 is 1.16 bits per heavy atom. The quantitative estimate of drug-likeness (QED) is 0.468. The van der Waals surface area contributed by atoms with Gasteiger partial charge in [-0.25, -0.2) is 14.8 Å². The molecule has 3 heterocycles. The maximum Gasteiger partial charge on any atom is 0.406 e. The number of halogens is 4. The Bertz CT molecular complexity index is 1330. The lowest BCUT2D eigenvalue weighted by atomic mass is 10.0. The van der Waals surface area contributed by atoms with Gasteiger partial charge in [-0.1, -0.05) is 29.8 Å². The summed E-state index contributed by atoms with van der Waals surface area (Å²) < 4.78 is 45.4. The minimum Gasteiger partial charge on any atom is -0.481 e. The van der Waals surface area contributed by atoms with Crippen molar-refractivity contribution < 1.29 is 17.9 Å². The second-order valence-electron chi connectivity index (χ2n) is 6.67. The molecule has 0 aliphatic heterocycles. The highest BCUT2D eigenvalue weighted by molar-refractivity contribution is 6.33. The number of rotatable bonds is 4. The molecule has 0 N–H and O–H groups in total. The van der Waals surface area contributed by atoms with E-state index in [0.29, 0.717) is 37.9 Å². The predicted molar refractivity (Wildman–Crippen MR) is 108 cm³/mol. The fourth-order valence-corrected chi connectivity index (χ4v) is 3.46. The Balaban J connectivity index is 2.06. The van der Waals surface area contributed by atoms with Crippen LogP contribution in [0.4, 0.5) is 13.2 Å². The third-order valence-electron chi connectivity index (χ3n) is 4.63. The molecule has 0 bridgehead atoms. The summed E-state index contributed by atoms with van der Waals surface area (Å²) in [6, 6.07) is 10.1. The van der Waals surface area contributed by atoms with E-state index in [0.717, 1.165) is 4.52 Å². The zero-order valence-corrected chi connectivity index (χ0v) is 17.1. The molecule has 0 aliphatic carbocycles. The van der Waals surface area contributed by atoms with Gasteiger partial charge >= 0.3 is 11.9 Å². The van der Waals surface area contributed by atoms with Gasteiger partial charge in [0.05, 0.1) is 17.7 Å². The molecule has 0 aliphatic rings. The molecule has 0 atom stereocenters. The largest absolute Gasteiger partial charge is 0.481 e. The number of benzene rings is 1. The number of hydrogen-bond acceptors (Lipinski definition) is 5. The van der Waals surface area contributed by atoms with E-state index in [1.165, 1.54) is 20.2 Å². The molecule has 11 heteroatoms. The highest BCUT2D eigenvalue weighted by atomic mass is 35.5. The predicted octanol–water partition coefficient (Wildman–Crippen LogP) is 4.15. The average Bonchev–Trinajstić information content (AvgIpc) is 3.10. The number of fused-ring (bicyclic) bond motifs is 1. The maximum absolute atomic E-state index is 13.0. The summed E-state index contributed by atoms with van der Waals surface area (Å²) in [5.74, 6) is 0.277. The molecular formula is C20H15ClF3N5O2. The van der Waals surface area contributed by atoms with Crippen molar-refractivity contribution in [3.63, 3.8) is 0 Å². The minimum absolute atomic E-state index is 0.0943. The second-order valence-corrected chi connectivity index (χ2v) is 7.08. The van der Waals surface area contributed by atoms with Crippen molar-refractivity contribution in [1.29, 1.82) is 0 Å². The molecule has 3 aromatic heterocycles. The Labute approximate surface area is 178 Å². The van der Waals surface area contributed by atoms with Crippen molar-refractivity contribution in [3.05, 3.63) is 63.9 Å². The van der Waals surface area contributed by atoms with Crippen LogP contribution in [-0.4, -0.2) is 37.4 Å². The van der Waals surface area contributed by atoms with Crippen molar-refractivity contribution >= 4 is 17.2 Å². The van der Waals surface area contributed by atoms with Crippen LogP contribution in [-0.2, 0) is 6.54 Å². The van der Waals surface area contributed by atoms with Gasteiger partial charge in [0, 0.05) is 23.4 Å². The van der Waals surface area contributed by atoms with Gasteiger partial charge in [-0.15, -0.1) is 0 Å². The average molecular weight is 450 g/mol. The van der Waals surface area contributed by atoms with Gasteiger partial charge in [0.15, 0.2) is 5.65 Å². The fraction of sp³-hybridized carbons (Fsp3) is 0.200. The lowest BCUT2D eigenvalue weighted by Crippen LogP contribution is -2.35. The summed E-state index contributed by atoms with van der Waals surface area (Å²) in [7, 11) is 1.47. The molecule has 0 saturated carbocycles. The van der Waals surface area contributed by atoms with Gasteiger partial charge in [0.2, 0.25) is 5.88 Å². The summed E-state index contributed by atoms with van der Waals surface area (Å²) in [4.78, 5) is 21.3. The molecule has 0 amide bonds. The van der Waals surface area contributed by atoms with Gasteiger partial charge in [-0.05, 0) is 19.1 Å². The van der Waals surface area contributed by atoms with Gasteiger partial charge in [-0.3, -0.25) is 4.57 Å². The van der Waals surface area contributed by atoms with Crippen LogP contribution in [0, 0.1) is 6.92 Å². The van der Waals surface area contributed by atoms with Gasteiger partial charge < -0.3 is 4.74 Å². The Morgan fingerprint density at radius 2 is 1.90 bits per heavy atom. The van der Waals surface area contributed by atoms with E-state index in [4.69, 9.17) is 16.3 Å². The molecule has 31 heavy (non-hydrogen) atoms. The standard InChI is InChI=1S/C20H15ClF3N5O2/c1-11-26-18-16(12-7-8-15(31-2)25-9-12)17(13-5-3-4-6-14(13)21)27-29(18)19(30)28(11)10-20(22,23)24/h3-9H,10H2,1-2H3. The molecule has 4 aromatic rings. The van der Waals surface area contributed by atoms with Crippen LogP contribution in [0.2, 0.25) is 5.02 Å². The van der Waals surface area contributed by atoms with E-state index in [2.05, 4.69) is 15.1 Å². The van der Waals surface area contributed by atoms with Crippen LogP contribution in [0.1, 0.15) is 5.82 Å². The van der Waals surface area contributed by atoms with Gasteiger partial charge in [-0.2, -0.15) is 22.8 Å². The normalized spacial score (nSPS) is 11.8. The first-order valence-electron chi connectivity index (χ1n) is 9.02. The summed E-state index contributed by atoms with van der Waals surface area (Å²) >= 11 is 6.35. The zero-order chi connectivity index (χ0) is 22.3. The number of aromatic nitrogens is 5. The fourth-order valence-electron chi connectivity index (χ4n) is 3.23. The van der Waals surface area contributed by atoms with Crippen LogP contribution in [0.3, 0.4) is 0 Å². The van der Waals surface area contributed by atoms with Gasteiger partial charge in [0.1, 0.15) is 18.1 Å². The smallest absolute Gasteiger partial charge is 0.406 e. The Hall–Kier alpha value is -3.40. The minimum atomic E-state index is -4.59. The molecule has 1 aromatic carbocycles. The van der Waals surface area contributed by atoms with E-state index in [9.17, 15) is 18.0 Å². The van der Waals surface area contributed by atoms with Crippen LogP contribution in [0.5, 0.6) is 5.88 Å². The van der Waals surface area contributed by atoms with Crippen LogP contribution >= 0.6 is 11.6 Å². The Kier molecular flexibility index (Phi) is 5.18. The lowest BCUT2D eigenvalue weighted by Gasteiger charge is -2.12. The molecule has 0 saturated heterocycles. The van der Waals surface area contributed by atoms with E-state index < -0.39 is 18.4 Å². The first kappa shape index (κ1) is 20.9. The monoisotopic (exact) mass is 449 g/mol. The lowest BCUT2D eigenvalue weighted by molar-refractivity contribution is -0.141. The number of hydrogen-bond donors (Lipinski definition) is 0. The number of alkyl halides is 3. The third kappa shape index (κ3) is 3.86. The van der Waals surface area contributed by atoms with E-state index >= 15 is 0 Å². The zero-order valence-electron chi connectivity index (χ0n) is 16.3. The van der Waals surface area contributed by atoms with E-state index in [1.807, 2.05) is 0 Å². The molecule has 0 spiro atoms. The Morgan fingerprint density at radius 3 is 2.52 bits per heavy atom. The molecule has 4 rings (SSSR count). The summed E-state index contributed by atoms with van der Waals surface area (Å²) in [5, 5.41) is 4.67. The number of ether oxygens (including phenoxy) is 1. The molecule has 0 radical (unpaired) electrons. The van der Waals surface area contributed by atoms with Gasteiger partial charge in [0.25, 0.3) is 0 Å². The number of aryl methyl sites for hydroxylation is 1. The highest BCUT2D eigenvalue weighted by Gasteiger charge is 2.31. The van der Waals surface area contributed by atoms with Crippen molar-refractivity contribution in [2.45, 2.75) is 19.6 Å². The van der Waals surface area contributed by atoms with Crippen LogP contribution in [0.25, 0.3) is 28.0 Å². The van der Waals surface area contributed by atoms with Crippen LogP contribution < -0.4 is 10.4 Å². The number of methoxy groups -OCH3 is 1. The molecular weight excluding hydrogens is 435 g/mol. The van der Waals surface area contributed by atoms with Crippen molar-refractivity contribution in [1.82, 2.24) is 24.1 Å². The first-order chi connectivity index (χ1) is 14.7. The topological polar surface area (TPSA) is 74.3 Å². The molecule has 0 fully saturated rings. The summed E-state index contributed by atoms with van der Waals surface area (Å²) in [5.41, 5.74) is 0.906. The highest BCUT2D eigenvalue weighted by Crippen LogP contribution is 2.37. The molecule has 0 unspecified atom stereocenters. The number of pyridine rings is 1. The van der Waals surface area contributed by atoms with Crippen LogP contribution in [0.15, 0.2) is 47.4 Å². The third-order valence-corrected chi connectivity index (χ3v) is 4.96. The summed E-state index contributed by atoms with van der Waals surface area (Å²) in [6.45, 7) is -0.132. The van der Waals surface area contributed by atoms with Crippen molar-refractivity contribution in [2.75, 3.05) is 7.11 Å². The second kappa shape index (κ2) is 7.69. The van der Waals surface area contributed by atoms with Crippen molar-refractivity contribution in [2.24, 2.45) is 0 Å². The first-order valence-corrected chi connectivity index (χ1v) is 9.39. The summed E-state index contributed by atoms with van der Waals surface area (Å²) in [6.07, 6.45) is -3.08.